The number of likely N-dealkylation sites (tertiary alicyclic amines) is 1. The Balaban J connectivity index is 1.72. The maximum Gasteiger partial charge on any atom is 0.261 e. The lowest BCUT2D eigenvalue weighted by Crippen LogP contribution is -2.46. The van der Waals surface area contributed by atoms with E-state index in [1.165, 1.54) is 25.1 Å². The average Bonchev–Trinajstić information content (AvgIpc) is 2.67. The zero-order chi connectivity index (χ0) is 21.0. The summed E-state index contributed by atoms with van der Waals surface area (Å²) in [6.07, 6.45) is 1.33. The average molecular weight is 436 g/mol. The summed E-state index contributed by atoms with van der Waals surface area (Å²) >= 11 is 5.90. The van der Waals surface area contributed by atoms with Gasteiger partial charge in [0, 0.05) is 36.6 Å². The van der Waals surface area contributed by atoms with Crippen LogP contribution in [-0.4, -0.2) is 44.3 Å². The minimum atomic E-state index is -3.87. The quantitative estimate of drug-likeness (QED) is 0.754. The molecular weight excluding hydrogens is 414 g/mol. The summed E-state index contributed by atoms with van der Waals surface area (Å²) in [6, 6.07) is 12.4. The Labute approximate surface area is 175 Å². The fourth-order valence-corrected chi connectivity index (χ4v) is 4.54. The minimum absolute atomic E-state index is 0.00328. The Kier molecular flexibility index (Phi) is 6.44. The van der Waals surface area contributed by atoms with E-state index in [0.717, 1.165) is 0 Å². The van der Waals surface area contributed by atoms with Gasteiger partial charge in [0.2, 0.25) is 5.91 Å². The second kappa shape index (κ2) is 8.84. The number of rotatable bonds is 5. The van der Waals surface area contributed by atoms with Crippen LogP contribution in [0.4, 0.5) is 5.69 Å². The molecule has 1 saturated heterocycles. The Morgan fingerprint density at radius 1 is 1.07 bits per heavy atom. The third kappa shape index (κ3) is 5.48. The summed E-state index contributed by atoms with van der Waals surface area (Å²) in [6.45, 7) is 2.48. The molecule has 7 nitrogen and oxygen atoms in total. The van der Waals surface area contributed by atoms with Gasteiger partial charge < -0.3 is 10.2 Å². The second-order valence-electron chi connectivity index (χ2n) is 6.91. The number of carbonyl (C=O) groups excluding carboxylic acids is 2. The van der Waals surface area contributed by atoms with Crippen LogP contribution in [0.15, 0.2) is 53.4 Å². The molecule has 29 heavy (non-hydrogen) atoms. The maximum absolute atomic E-state index is 12.8. The number of benzene rings is 2. The standard InChI is InChI=1S/C20H22ClN3O4S/c1-14(25)22-17-8-10-24(11-9-17)20(26)15-4-2-7-19(12-15)29(27,28)23-18-6-3-5-16(21)13-18/h2-7,12-13,17,23H,8-11H2,1H3,(H,22,25). The van der Waals surface area contributed by atoms with E-state index < -0.39 is 10.0 Å². The number of sulfonamides is 1. The van der Waals surface area contributed by atoms with Crippen molar-refractivity contribution in [3.63, 3.8) is 0 Å². The molecule has 0 aliphatic carbocycles. The SMILES string of the molecule is CC(=O)NC1CCN(C(=O)c2cccc(S(=O)(=O)Nc3cccc(Cl)c3)c2)CC1. The summed E-state index contributed by atoms with van der Waals surface area (Å²) in [5.74, 6) is -0.314. The summed E-state index contributed by atoms with van der Waals surface area (Å²) in [5.41, 5.74) is 0.645. The fraction of sp³-hybridized carbons (Fsp3) is 0.300. The highest BCUT2D eigenvalue weighted by Crippen LogP contribution is 2.21. The van der Waals surface area contributed by atoms with Gasteiger partial charge >= 0.3 is 0 Å². The molecule has 154 valence electrons. The number of halogens is 1. The second-order valence-corrected chi connectivity index (χ2v) is 9.03. The Morgan fingerprint density at radius 2 is 1.76 bits per heavy atom. The van der Waals surface area contributed by atoms with E-state index in [9.17, 15) is 18.0 Å². The molecule has 0 unspecified atom stereocenters. The third-order valence-corrected chi connectivity index (χ3v) is 6.27. The van der Waals surface area contributed by atoms with Crippen LogP contribution < -0.4 is 10.0 Å². The fourth-order valence-electron chi connectivity index (χ4n) is 3.26. The van der Waals surface area contributed by atoms with Crippen molar-refractivity contribution >= 4 is 39.1 Å². The van der Waals surface area contributed by atoms with E-state index >= 15 is 0 Å². The van der Waals surface area contributed by atoms with Crippen LogP contribution in [0.1, 0.15) is 30.1 Å². The molecule has 2 N–H and O–H groups in total. The molecule has 2 aromatic carbocycles. The molecular formula is C20H22ClN3O4S. The molecule has 1 heterocycles. The van der Waals surface area contributed by atoms with Crippen molar-refractivity contribution in [1.82, 2.24) is 10.2 Å². The van der Waals surface area contributed by atoms with Crippen molar-refractivity contribution in [2.45, 2.75) is 30.7 Å². The highest BCUT2D eigenvalue weighted by molar-refractivity contribution is 7.92. The van der Waals surface area contributed by atoms with Gasteiger partial charge in [-0.3, -0.25) is 14.3 Å². The van der Waals surface area contributed by atoms with Crippen molar-refractivity contribution in [3.05, 3.63) is 59.1 Å². The van der Waals surface area contributed by atoms with Gasteiger partial charge in [-0.05, 0) is 49.2 Å². The van der Waals surface area contributed by atoms with Crippen molar-refractivity contribution in [1.29, 1.82) is 0 Å². The predicted octanol–water partition coefficient (Wildman–Crippen LogP) is 2.88. The maximum atomic E-state index is 12.8. The smallest absolute Gasteiger partial charge is 0.261 e. The zero-order valence-corrected chi connectivity index (χ0v) is 17.5. The highest BCUT2D eigenvalue weighted by atomic mass is 35.5. The number of carbonyl (C=O) groups is 2. The number of nitrogens with one attached hydrogen (secondary N) is 2. The lowest BCUT2D eigenvalue weighted by molar-refractivity contribution is -0.119. The number of nitrogens with zero attached hydrogens (tertiary/aromatic N) is 1. The van der Waals surface area contributed by atoms with E-state index in [-0.39, 0.29) is 22.8 Å². The van der Waals surface area contributed by atoms with Crippen molar-refractivity contribution in [2.75, 3.05) is 17.8 Å². The predicted molar refractivity (Wildman–Crippen MR) is 111 cm³/mol. The zero-order valence-electron chi connectivity index (χ0n) is 15.9. The first-order valence-corrected chi connectivity index (χ1v) is 11.1. The molecule has 0 atom stereocenters. The van der Waals surface area contributed by atoms with Gasteiger partial charge in [-0.15, -0.1) is 0 Å². The van der Waals surface area contributed by atoms with E-state index in [0.29, 0.717) is 42.2 Å². The summed E-state index contributed by atoms with van der Waals surface area (Å²) < 4.78 is 27.8. The molecule has 3 rings (SSSR count). The molecule has 0 bridgehead atoms. The lowest BCUT2D eigenvalue weighted by Gasteiger charge is -2.32. The van der Waals surface area contributed by atoms with Gasteiger partial charge in [-0.2, -0.15) is 0 Å². The Bertz CT molecular complexity index is 1020. The van der Waals surface area contributed by atoms with E-state index in [2.05, 4.69) is 10.0 Å². The molecule has 1 fully saturated rings. The summed E-state index contributed by atoms with van der Waals surface area (Å²) in [4.78, 5) is 25.7. The lowest BCUT2D eigenvalue weighted by atomic mass is 10.0. The van der Waals surface area contributed by atoms with Crippen LogP contribution in [0, 0.1) is 0 Å². The third-order valence-electron chi connectivity index (χ3n) is 4.66. The van der Waals surface area contributed by atoms with Crippen molar-refractivity contribution < 1.29 is 18.0 Å². The first-order chi connectivity index (χ1) is 13.7. The highest BCUT2D eigenvalue weighted by Gasteiger charge is 2.25. The van der Waals surface area contributed by atoms with Gasteiger partial charge in [-0.1, -0.05) is 23.7 Å². The van der Waals surface area contributed by atoms with Gasteiger partial charge in [0.25, 0.3) is 15.9 Å². The van der Waals surface area contributed by atoms with Gasteiger partial charge in [0.1, 0.15) is 0 Å². The molecule has 2 amide bonds. The topological polar surface area (TPSA) is 95.6 Å². The Hall–Kier alpha value is -2.58. The number of hydrogen-bond donors (Lipinski definition) is 2. The molecule has 0 radical (unpaired) electrons. The van der Waals surface area contributed by atoms with E-state index in [1.54, 1.807) is 35.2 Å². The van der Waals surface area contributed by atoms with Crippen LogP contribution in [0.5, 0.6) is 0 Å². The summed E-state index contributed by atoms with van der Waals surface area (Å²) in [5, 5.41) is 3.28. The molecule has 2 aromatic rings. The largest absolute Gasteiger partial charge is 0.353 e. The van der Waals surface area contributed by atoms with Crippen LogP contribution in [0.2, 0.25) is 5.02 Å². The molecule has 0 saturated carbocycles. The monoisotopic (exact) mass is 435 g/mol. The van der Waals surface area contributed by atoms with Crippen LogP contribution in [-0.2, 0) is 14.8 Å². The van der Waals surface area contributed by atoms with E-state index in [4.69, 9.17) is 11.6 Å². The molecule has 0 aromatic heterocycles. The van der Waals surface area contributed by atoms with Crippen molar-refractivity contribution in [3.8, 4) is 0 Å². The molecule has 1 aliphatic rings. The van der Waals surface area contributed by atoms with Gasteiger partial charge in [-0.25, -0.2) is 8.42 Å². The Morgan fingerprint density at radius 3 is 2.41 bits per heavy atom. The number of anilines is 1. The normalized spacial score (nSPS) is 15.0. The minimum Gasteiger partial charge on any atom is -0.353 e. The van der Waals surface area contributed by atoms with Gasteiger partial charge in [0.15, 0.2) is 0 Å². The van der Waals surface area contributed by atoms with Gasteiger partial charge in [0.05, 0.1) is 10.6 Å². The van der Waals surface area contributed by atoms with E-state index in [1.807, 2.05) is 0 Å². The molecule has 9 heteroatoms. The number of hydrogen-bond acceptors (Lipinski definition) is 4. The van der Waals surface area contributed by atoms with Crippen LogP contribution in [0.3, 0.4) is 0 Å². The number of amides is 2. The molecule has 1 aliphatic heterocycles. The van der Waals surface area contributed by atoms with Crippen LogP contribution in [0.25, 0.3) is 0 Å². The van der Waals surface area contributed by atoms with Crippen molar-refractivity contribution in [2.24, 2.45) is 0 Å². The summed E-state index contributed by atoms with van der Waals surface area (Å²) in [7, 11) is -3.87. The molecule has 0 spiro atoms. The first-order valence-electron chi connectivity index (χ1n) is 9.19. The number of piperidine rings is 1. The van der Waals surface area contributed by atoms with Crippen LogP contribution >= 0.6 is 11.6 Å². The first kappa shape index (κ1) is 21.1.